The molecule has 172 valence electrons. The van der Waals surface area contributed by atoms with Gasteiger partial charge in [0.1, 0.15) is 0 Å². The zero-order valence-corrected chi connectivity index (χ0v) is 19.2. The number of amides is 1. The average molecular weight is 436 g/mol. The van der Waals surface area contributed by atoms with Gasteiger partial charge in [0.25, 0.3) is 0 Å². The van der Waals surface area contributed by atoms with E-state index in [0.717, 1.165) is 64.0 Å². The van der Waals surface area contributed by atoms with Gasteiger partial charge in [-0.3, -0.25) is 9.69 Å². The molecule has 0 spiro atoms. The summed E-state index contributed by atoms with van der Waals surface area (Å²) in [6, 6.07) is 17.3. The summed E-state index contributed by atoms with van der Waals surface area (Å²) in [5, 5.41) is 2.91. The van der Waals surface area contributed by atoms with Crippen molar-refractivity contribution < 1.29 is 4.79 Å². The molecule has 1 saturated carbocycles. The van der Waals surface area contributed by atoms with Gasteiger partial charge < -0.3 is 21.7 Å². The van der Waals surface area contributed by atoms with E-state index in [2.05, 4.69) is 70.7 Å². The molecule has 2 aliphatic rings. The summed E-state index contributed by atoms with van der Waals surface area (Å²) in [6.45, 7) is 5.57. The molecular weight excluding hydrogens is 398 g/mol. The van der Waals surface area contributed by atoms with Crippen molar-refractivity contribution in [1.82, 2.24) is 15.1 Å². The Kier molecular flexibility index (Phi) is 7.26. The number of piperazine rings is 1. The van der Waals surface area contributed by atoms with Crippen LogP contribution in [0.1, 0.15) is 36.8 Å². The van der Waals surface area contributed by atoms with Crippen molar-refractivity contribution in [3.8, 4) is 11.1 Å². The van der Waals surface area contributed by atoms with E-state index < -0.39 is 11.7 Å². The summed E-state index contributed by atoms with van der Waals surface area (Å²) in [5.74, 6) is -0.115. The summed E-state index contributed by atoms with van der Waals surface area (Å²) in [7, 11) is 2.19. The minimum atomic E-state index is -0.738. The van der Waals surface area contributed by atoms with Gasteiger partial charge in [0.2, 0.25) is 5.91 Å². The van der Waals surface area contributed by atoms with Gasteiger partial charge in [-0.25, -0.2) is 0 Å². The van der Waals surface area contributed by atoms with E-state index in [9.17, 15) is 4.79 Å². The minimum Gasteiger partial charge on any atom is -0.339 e. The van der Waals surface area contributed by atoms with Crippen molar-refractivity contribution in [1.29, 1.82) is 0 Å². The highest BCUT2D eigenvalue weighted by Gasteiger charge is 2.37. The lowest BCUT2D eigenvalue weighted by Crippen LogP contribution is -2.56. The third-order valence-electron chi connectivity index (χ3n) is 6.96. The Bertz CT molecular complexity index is 881. The smallest absolute Gasteiger partial charge is 0.241 e. The Morgan fingerprint density at radius 3 is 2.03 bits per heavy atom. The van der Waals surface area contributed by atoms with E-state index in [1.807, 2.05) is 0 Å². The van der Waals surface area contributed by atoms with Gasteiger partial charge in [-0.1, -0.05) is 61.4 Å². The van der Waals surface area contributed by atoms with Gasteiger partial charge in [0.05, 0.1) is 11.7 Å². The predicted molar refractivity (Wildman–Crippen MR) is 130 cm³/mol. The van der Waals surface area contributed by atoms with Crippen LogP contribution in [0.5, 0.6) is 0 Å². The highest BCUT2D eigenvalue weighted by Crippen LogP contribution is 2.27. The molecule has 1 atom stereocenters. The van der Waals surface area contributed by atoms with Crippen LogP contribution in [0, 0.1) is 0 Å². The number of hydrogen-bond acceptors (Lipinski definition) is 5. The summed E-state index contributed by atoms with van der Waals surface area (Å²) >= 11 is 0. The number of likely N-dealkylation sites (N-methyl/N-ethyl adjacent to an activating group) is 1. The van der Waals surface area contributed by atoms with E-state index >= 15 is 0 Å². The lowest BCUT2D eigenvalue weighted by atomic mass is 9.97. The third-order valence-corrected chi connectivity index (χ3v) is 6.96. The fourth-order valence-electron chi connectivity index (χ4n) is 4.75. The van der Waals surface area contributed by atoms with Crippen LogP contribution in [0.2, 0.25) is 0 Å². The van der Waals surface area contributed by atoms with E-state index in [4.69, 9.17) is 11.5 Å². The van der Waals surface area contributed by atoms with E-state index in [1.54, 1.807) is 0 Å². The minimum absolute atomic E-state index is 0.115. The summed E-state index contributed by atoms with van der Waals surface area (Å²) in [5.41, 5.74) is 16.5. The normalized spacial score (nSPS) is 20.2. The fraction of sp³-hybridized carbons (Fsp3) is 0.500. The molecule has 6 heteroatoms. The molecule has 1 amide bonds. The molecule has 0 bridgehead atoms. The number of nitrogens with one attached hydrogen (secondary N) is 1. The second-order valence-electron chi connectivity index (χ2n) is 9.62. The number of benzene rings is 2. The van der Waals surface area contributed by atoms with Crippen molar-refractivity contribution in [2.75, 3.05) is 33.2 Å². The van der Waals surface area contributed by atoms with Gasteiger partial charge in [0.15, 0.2) is 0 Å². The predicted octanol–water partition coefficient (Wildman–Crippen LogP) is 2.32. The zero-order valence-electron chi connectivity index (χ0n) is 19.2. The standard InChI is InChI=1S/C26H37N5O/c1-30-14-16-31(17-15-30)19-21-6-10-23(11-7-21)22-8-4-20(5-9-22)18-24(27)29-25(32)26(28)12-2-3-13-26/h4-11,24H,2-3,12-19,27-28H2,1H3,(H,29,32)/t24-/m0/s1. The van der Waals surface area contributed by atoms with Crippen molar-refractivity contribution in [3.05, 3.63) is 59.7 Å². The van der Waals surface area contributed by atoms with Crippen molar-refractivity contribution in [2.24, 2.45) is 11.5 Å². The summed E-state index contributed by atoms with van der Waals surface area (Å²) in [4.78, 5) is 17.4. The lowest BCUT2D eigenvalue weighted by Gasteiger charge is -2.32. The van der Waals surface area contributed by atoms with E-state index in [1.165, 1.54) is 16.7 Å². The number of nitrogens with zero attached hydrogens (tertiary/aromatic N) is 2. The van der Waals surface area contributed by atoms with Gasteiger partial charge >= 0.3 is 0 Å². The Morgan fingerprint density at radius 1 is 0.938 bits per heavy atom. The lowest BCUT2D eigenvalue weighted by molar-refractivity contribution is -0.126. The van der Waals surface area contributed by atoms with Crippen LogP contribution < -0.4 is 16.8 Å². The highest BCUT2D eigenvalue weighted by molar-refractivity contribution is 5.86. The van der Waals surface area contributed by atoms with Crippen molar-refractivity contribution >= 4 is 5.91 Å². The second-order valence-corrected chi connectivity index (χ2v) is 9.62. The van der Waals surface area contributed by atoms with Crippen LogP contribution in [0.25, 0.3) is 11.1 Å². The highest BCUT2D eigenvalue weighted by atomic mass is 16.2. The van der Waals surface area contributed by atoms with Crippen LogP contribution in [-0.4, -0.2) is 60.6 Å². The molecule has 1 heterocycles. The Morgan fingerprint density at radius 2 is 1.47 bits per heavy atom. The maximum atomic E-state index is 12.5. The maximum absolute atomic E-state index is 12.5. The molecule has 4 rings (SSSR count). The molecule has 5 N–H and O–H groups in total. The molecule has 1 aliphatic heterocycles. The van der Waals surface area contributed by atoms with Crippen LogP contribution in [-0.2, 0) is 17.8 Å². The molecule has 0 radical (unpaired) electrons. The molecule has 32 heavy (non-hydrogen) atoms. The van der Waals surface area contributed by atoms with Crippen LogP contribution in [0.3, 0.4) is 0 Å². The average Bonchev–Trinajstić information content (AvgIpc) is 3.24. The topological polar surface area (TPSA) is 87.6 Å². The molecule has 2 aromatic carbocycles. The molecule has 2 fully saturated rings. The molecule has 6 nitrogen and oxygen atoms in total. The van der Waals surface area contributed by atoms with E-state index in [0.29, 0.717) is 6.42 Å². The Balaban J connectivity index is 1.29. The van der Waals surface area contributed by atoms with Gasteiger partial charge in [-0.15, -0.1) is 0 Å². The van der Waals surface area contributed by atoms with Crippen molar-refractivity contribution in [3.63, 3.8) is 0 Å². The quantitative estimate of drug-likeness (QED) is 0.581. The van der Waals surface area contributed by atoms with Gasteiger partial charge in [-0.2, -0.15) is 0 Å². The number of hydrogen-bond donors (Lipinski definition) is 3. The number of rotatable bonds is 7. The Labute approximate surface area is 191 Å². The first kappa shape index (κ1) is 22.9. The first-order chi connectivity index (χ1) is 15.4. The monoisotopic (exact) mass is 435 g/mol. The van der Waals surface area contributed by atoms with Crippen LogP contribution in [0.15, 0.2) is 48.5 Å². The fourth-order valence-corrected chi connectivity index (χ4v) is 4.75. The first-order valence-electron chi connectivity index (χ1n) is 11.9. The molecular formula is C26H37N5O. The van der Waals surface area contributed by atoms with Crippen molar-refractivity contribution in [2.45, 2.75) is 50.4 Å². The zero-order chi connectivity index (χ0) is 22.6. The van der Waals surface area contributed by atoms with Crippen LogP contribution >= 0.6 is 0 Å². The van der Waals surface area contributed by atoms with E-state index in [-0.39, 0.29) is 5.91 Å². The molecule has 1 aliphatic carbocycles. The molecule has 1 saturated heterocycles. The number of carbonyl (C=O) groups excluding carboxylic acids is 1. The summed E-state index contributed by atoms with van der Waals surface area (Å²) in [6.07, 6.45) is 3.67. The second kappa shape index (κ2) is 10.1. The number of nitrogens with two attached hydrogens (primary N) is 2. The maximum Gasteiger partial charge on any atom is 0.241 e. The van der Waals surface area contributed by atoms with Gasteiger partial charge in [0, 0.05) is 39.1 Å². The summed E-state index contributed by atoms with van der Waals surface area (Å²) < 4.78 is 0. The Hall–Kier alpha value is -2.25. The molecule has 0 unspecified atom stereocenters. The molecule has 2 aromatic rings. The molecule has 0 aromatic heterocycles. The van der Waals surface area contributed by atoms with Crippen LogP contribution in [0.4, 0.5) is 0 Å². The SMILES string of the molecule is CN1CCN(Cc2ccc(-c3ccc(C[C@@H](N)NC(=O)C4(N)CCCC4)cc3)cc2)CC1. The first-order valence-corrected chi connectivity index (χ1v) is 11.9. The number of carbonyl (C=O) groups is 1. The largest absolute Gasteiger partial charge is 0.339 e. The van der Waals surface area contributed by atoms with Gasteiger partial charge in [-0.05, 0) is 42.1 Å². The third kappa shape index (κ3) is 5.75.